The summed E-state index contributed by atoms with van der Waals surface area (Å²) in [7, 11) is 0. The molecule has 2 aromatic rings. The lowest BCUT2D eigenvalue weighted by atomic mass is 9.99. The molecule has 0 aliphatic carbocycles. The van der Waals surface area contributed by atoms with E-state index in [1.165, 1.54) is 6.92 Å². The molecule has 0 radical (unpaired) electrons. The molecule has 8 heteroatoms. The molecule has 0 bridgehead atoms. The second kappa shape index (κ2) is 9.45. The number of hydrogen-bond acceptors (Lipinski definition) is 5. The average molecular weight is 449 g/mol. The van der Waals surface area contributed by atoms with E-state index in [-0.39, 0.29) is 36.8 Å². The first-order valence-electron chi connectivity index (χ1n) is 8.63. The number of halogens is 1. The van der Waals surface area contributed by atoms with Crippen LogP contribution in [0.25, 0.3) is 0 Å². The number of rotatable bonds is 8. The standard InChI is InChI=1S/C20H21BrN2O5/c1-11-18(20(27)14-5-4-6-15(21)9-14)12(2)23-19(11)16(25)10-22-17(26)7-8-28-13(3)24/h4-6,9,23H,7-8,10H2,1-3H3,(H,22,26). The Hall–Kier alpha value is -2.74. The molecule has 1 amide bonds. The average Bonchev–Trinajstić information content (AvgIpc) is 2.93. The topological polar surface area (TPSA) is 105 Å². The second-order valence-corrected chi connectivity index (χ2v) is 7.17. The van der Waals surface area contributed by atoms with Gasteiger partial charge in [-0.15, -0.1) is 0 Å². The molecule has 2 N–H and O–H groups in total. The van der Waals surface area contributed by atoms with Crippen LogP contribution in [0.3, 0.4) is 0 Å². The van der Waals surface area contributed by atoms with Crippen LogP contribution in [0, 0.1) is 13.8 Å². The number of carbonyl (C=O) groups is 4. The highest BCUT2D eigenvalue weighted by molar-refractivity contribution is 9.10. The molecule has 0 unspecified atom stereocenters. The van der Waals surface area contributed by atoms with Crippen LogP contribution < -0.4 is 5.32 Å². The molecule has 2 rings (SSSR count). The molecule has 1 aromatic carbocycles. The van der Waals surface area contributed by atoms with Crippen molar-refractivity contribution in [2.75, 3.05) is 13.2 Å². The molecule has 0 saturated heterocycles. The fourth-order valence-corrected chi connectivity index (χ4v) is 3.19. The first-order chi connectivity index (χ1) is 13.2. The fraction of sp³-hybridized carbons (Fsp3) is 0.300. The molecule has 0 spiro atoms. The van der Waals surface area contributed by atoms with Crippen LogP contribution in [0.1, 0.15) is 51.0 Å². The van der Waals surface area contributed by atoms with E-state index in [1.807, 2.05) is 6.07 Å². The van der Waals surface area contributed by atoms with Crippen LogP contribution in [0.15, 0.2) is 28.7 Å². The minimum absolute atomic E-state index is 0.0256. The summed E-state index contributed by atoms with van der Waals surface area (Å²) in [5.74, 6) is -1.39. The maximum absolute atomic E-state index is 12.9. The summed E-state index contributed by atoms with van der Waals surface area (Å²) < 4.78 is 5.48. The smallest absolute Gasteiger partial charge is 0.302 e. The van der Waals surface area contributed by atoms with Crippen molar-refractivity contribution in [1.82, 2.24) is 10.3 Å². The number of esters is 1. The number of aromatic nitrogens is 1. The Morgan fingerprint density at radius 2 is 1.89 bits per heavy atom. The summed E-state index contributed by atoms with van der Waals surface area (Å²) in [6.07, 6.45) is -0.0256. The molecule has 0 aliphatic rings. The predicted octanol–water partition coefficient (Wildman–Crippen LogP) is 2.88. The zero-order chi connectivity index (χ0) is 20.8. The van der Waals surface area contributed by atoms with Gasteiger partial charge in [-0.2, -0.15) is 0 Å². The van der Waals surface area contributed by atoms with Crippen molar-refractivity contribution >= 4 is 39.4 Å². The molecule has 0 fully saturated rings. The largest absolute Gasteiger partial charge is 0.465 e. The van der Waals surface area contributed by atoms with Gasteiger partial charge in [-0.05, 0) is 31.5 Å². The molecule has 1 aromatic heterocycles. The van der Waals surface area contributed by atoms with E-state index < -0.39 is 11.9 Å². The summed E-state index contributed by atoms with van der Waals surface area (Å²) in [4.78, 5) is 50.7. The normalized spacial score (nSPS) is 10.4. The fourth-order valence-electron chi connectivity index (χ4n) is 2.79. The number of nitrogens with one attached hydrogen (secondary N) is 2. The molecule has 1 heterocycles. The quantitative estimate of drug-likeness (QED) is 0.476. The first-order valence-corrected chi connectivity index (χ1v) is 9.42. The molecule has 7 nitrogen and oxygen atoms in total. The van der Waals surface area contributed by atoms with E-state index in [9.17, 15) is 19.2 Å². The monoisotopic (exact) mass is 448 g/mol. The van der Waals surface area contributed by atoms with Crippen molar-refractivity contribution in [3.8, 4) is 0 Å². The lowest BCUT2D eigenvalue weighted by Gasteiger charge is -2.05. The van der Waals surface area contributed by atoms with Gasteiger partial charge in [0.25, 0.3) is 0 Å². The zero-order valence-corrected chi connectivity index (χ0v) is 17.4. The van der Waals surface area contributed by atoms with Crippen LogP contribution in [0.5, 0.6) is 0 Å². The van der Waals surface area contributed by atoms with Crippen molar-refractivity contribution in [1.29, 1.82) is 0 Å². The minimum atomic E-state index is -0.469. The van der Waals surface area contributed by atoms with Crippen LogP contribution in [0.2, 0.25) is 0 Å². The number of amides is 1. The van der Waals surface area contributed by atoms with Crippen LogP contribution >= 0.6 is 15.9 Å². The van der Waals surface area contributed by atoms with Gasteiger partial charge in [-0.3, -0.25) is 19.2 Å². The number of carbonyl (C=O) groups excluding carboxylic acids is 4. The molecular weight excluding hydrogens is 428 g/mol. The Kier molecular flexibility index (Phi) is 7.28. The van der Waals surface area contributed by atoms with Gasteiger partial charge < -0.3 is 15.0 Å². The summed E-state index contributed by atoms with van der Waals surface area (Å²) in [6.45, 7) is 4.42. The van der Waals surface area contributed by atoms with Gasteiger partial charge in [0.15, 0.2) is 11.6 Å². The highest BCUT2D eigenvalue weighted by Gasteiger charge is 2.23. The Balaban J connectivity index is 2.08. The lowest BCUT2D eigenvalue weighted by Crippen LogP contribution is -2.30. The third kappa shape index (κ3) is 5.39. The minimum Gasteiger partial charge on any atom is -0.465 e. The number of hydrogen-bond donors (Lipinski definition) is 2. The van der Waals surface area contributed by atoms with Gasteiger partial charge >= 0.3 is 5.97 Å². The van der Waals surface area contributed by atoms with Crippen molar-refractivity contribution in [2.24, 2.45) is 0 Å². The second-order valence-electron chi connectivity index (χ2n) is 6.25. The Morgan fingerprint density at radius 3 is 2.54 bits per heavy atom. The number of H-pyrrole nitrogens is 1. The lowest BCUT2D eigenvalue weighted by molar-refractivity contribution is -0.141. The SMILES string of the molecule is CC(=O)OCCC(=O)NCC(=O)c1[nH]c(C)c(C(=O)c2cccc(Br)c2)c1C. The summed E-state index contributed by atoms with van der Waals surface area (Å²) in [6, 6.07) is 7.03. The summed E-state index contributed by atoms with van der Waals surface area (Å²) in [5.41, 5.74) is 2.38. The molecule has 28 heavy (non-hydrogen) atoms. The van der Waals surface area contributed by atoms with E-state index in [4.69, 9.17) is 0 Å². The molecule has 0 aliphatic heterocycles. The van der Waals surface area contributed by atoms with E-state index >= 15 is 0 Å². The van der Waals surface area contributed by atoms with Crippen LogP contribution in [-0.4, -0.2) is 41.6 Å². The third-order valence-electron chi connectivity index (χ3n) is 4.11. The van der Waals surface area contributed by atoms with Gasteiger partial charge in [-0.1, -0.05) is 28.1 Å². The van der Waals surface area contributed by atoms with Crippen LogP contribution in [0.4, 0.5) is 0 Å². The van der Waals surface area contributed by atoms with Gasteiger partial charge in [0.2, 0.25) is 5.91 Å². The maximum Gasteiger partial charge on any atom is 0.302 e. The zero-order valence-electron chi connectivity index (χ0n) is 15.8. The van der Waals surface area contributed by atoms with Crippen molar-refractivity contribution in [3.63, 3.8) is 0 Å². The Bertz CT molecular complexity index is 933. The van der Waals surface area contributed by atoms with E-state index in [1.54, 1.807) is 32.0 Å². The third-order valence-corrected chi connectivity index (χ3v) is 4.60. The molecule has 148 valence electrons. The van der Waals surface area contributed by atoms with Crippen molar-refractivity contribution in [3.05, 3.63) is 56.8 Å². The van der Waals surface area contributed by atoms with Gasteiger partial charge in [0.1, 0.15) is 6.61 Å². The first kappa shape index (κ1) is 21.6. The molecule has 0 saturated carbocycles. The predicted molar refractivity (Wildman–Crippen MR) is 106 cm³/mol. The number of aromatic amines is 1. The number of benzene rings is 1. The van der Waals surface area contributed by atoms with Crippen molar-refractivity contribution < 1.29 is 23.9 Å². The Labute approximate surface area is 171 Å². The van der Waals surface area contributed by atoms with Crippen molar-refractivity contribution in [2.45, 2.75) is 27.2 Å². The maximum atomic E-state index is 12.9. The van der Waals surface area contributed by atoms with E-state index in [0.29, 0.717) is 22.4 Å². The number of ketones is 2. The Morgan fingerprint density at radius 1 is 1.18 bits per heavy atom. The van der Waals surface area contributed by atoms with Gasteiger partial charge in [0, 0.05) is 28.2 Å². The van der Waals surface area contributed by atoms with E-state index in [0.717, 1.165) is 4.47 Å². The number of aryl methyl sites for hydroxylation is 1. The number of Topliss-reactive ketones (excluding diaryl/α,β-unsaturated/α-hetero) is 1. The molecular formula is C20H21BrN2O5. The highest BCUT2D eigenvalue weighted by atomic mass is 79.9. The summed E-state index contributed by atoms with van der Waals surface area (Å²) in [5, 5.41) is 2.49. The van der Waals surface area contributed by atoms with E-state index in [2.05, 4.69) is 31.0 Å². The van der Waals surface area contributed by atoms with Crippen LogP contribution in [-0.2, 0) is 14.3 Å². The highest BCUT2D eigenvalue weighted by Crippen LogP contribution is 2.23. The number of ether oxygens (including phenoxy) is 1. The van der Waals surface area contributed by atoms with Gasteiger partial charge in [0.05, 0.1) is 18.7 Å². The molecule has 0 atom stereocenters. The summed E-state index contributed by atoms with van der Waals surface area (Å²) >= 11 is 3.35. The van der Waals surface area contributed by atoms with Gasteiger partial charge in [-0.25, -0.2) is 0 Å².